The summed E-state index contributed by atoms with van der Waals surface area (Å²) in [5.74, 6) is -2.83. The van der Waals surface area contributed by atoms with Crippen LogP contribution in [0.1, 0.15) is 13.8 Å². The fourth-order valence-electron chi connectivity index (χ4n) is 0.275. The van der Waals surface area contributed by atoms with Crippen LogP contribution in [0.25, 0.3) is 0 Å². The van der Waals surface area contributed by atoms with E-state index < -0.39 is 5.77 Å². The van der Waals surface area contributed by atoms with Crippen molar-refractivity contribution in [1.29, 1.82) is 0 Å². The van der Waals surface area contributed by atoms with Crippen molar-refractivity contribution >= 4 is 30.3 Å². The number of thiol groups is 2. The van der Waals surface area contributed by atoms with Crippen LogP contribution in [0, 0.1) is 0 Å². The van der Waals surface area contributed by atoms with Crippen molar-refractivity contribution in [1.82, 2.24) is 0 Å². The first-order valence-electron chi connectivity index (χ1n) is 2.16. The Bertz CT molecular complexity index is 108. The quantitative estimate of drug-likeness (QED) is 0.494. The molecule has 0 spiro atoms. The van der Waals surface area contributed by atoms with E-state index in [4.69, 9.17) is 4.52 Å². The predicted molar refractivity (Wildman–Crippen MR) is 41.8 cm³/mol. The van der Waals surface area contributed by atoms with E-state index in [1.165, 1.54) is 0 Å². The van der Waals surface area contributed by atoms with E-state index in [1.807, 2.05) is 0 Å². The molecular weight excluding hydrogens is 163 g/mol. The Labute approximate surface area is 59.8 Å². The van der Waals surface area contributed by atoms with Gasteiger partial charge in [0.1, 0.15) is 0 Å². The van der Waals surface area contributed by atoms with Crippen molar-refractivity contribution in [3.63, 3.8) is 0 Å². The van der Waals surface area contributed by atoms with E-state index in [0.717, 1.165) is 0 Å². The molecule has 0 fully saturated rings. The Morgan fingerprint density at radius 1 is 1.50 bits per heavy atom. The second-order valence-electron chi connectivity index (χ2n) is 1.64. The van der Waals surface area contributed by atoms with Gasteiger partial charge in [0.15, 0.2) is 0 Å². The van der Waals surface area contributed by atoms with Gasteiger partial charge in [0.05, 0.1) is 6.10 Å². The summed E-state index contributed by atoms with van der Waals surface area (Å²) in [5, 5.41) is 0. The third-order valence-corrected chi connectivity index (χ3v) is 1.61. The second-order valence-corrected chi connectivity index (χ2v) is 6.94. The van der Waals surface area contributed by atoms with Gasteiger partial charge in [-0.15, -0.1) is 0 Å². The zero-order valence-corrected chi connectivity index (χ0v) is 7.42. The third-order valence-electron chi connectivity index (χ3n) is 0.348. The third kappa shape index (κ3) is 6.89. The molecule has 0 bridgehead atoms. The van der Waals surface area contributed by atoms with Crippen LogP contribution in [0.4, 0.5) is 0 Å². The standard InChI is InChI=1S/C3H9O2PS2/c1-3(2)5-6(4,7)8/h3H,1-2H3,(H2,4,7,8). The topological polar surface area (TPSA) is 26.3 Å². The predicted octanol–water partition coefficient (Wildman–Crippen LogP) is 2.38. The van der Waals surface area contributed by atoms with Crippen LogP contribution < -0.4 is 0 Å². The van der Waals surface area contributed by atoms with Crippen molar-refractivity contribution in [3.05, 3.63) is 0 Å². The highest BCUT2D eigenvalue weighted by atomic mass is 33.1. The van der Waals surface area contributed by atoms with Crippen LogP contribution in [-0.2, 0) is 9.09 Å². The smallest absolute Gasteiger partial charge is 0.307 e. The van der Waals surface area contributed by atoms with Crippen molar-refractivity contribution in [2.24, 2.45) is 0 Å². The molecule has 0 heterocycles. The Kier molecular flexibility index (Phi) is 3.51. The fraction of sp³-hybridized carbons (Fsp3) is 1.00. The first-order valence-corrected chi connectivity index (χ1v) is 6.09. The van der Waals surface area contributed by atoms with Crippen molar-refractivity contribution in [2.75, 3.05) is 0 Å². The number of hydrogen-bond acceptors (Lipinski definition) is 2. The Morgan fingerprint density at radius 2 is 1.88 bits per heavy atom. The van der Waals surface area contributed by atoms with E-state index in [9.17, 15) is 4.57 Å². The number of rotatable bonds is 2. The van der Waals surface area contributed by atoms with Crippen LogP contribution in [-0.4, -0.2) is 6.10 Å². The van der Waals surface area contributed by atoms with Gasteiger partial charge in [0, 0.05) is 0 Å². The minimum atomic E-state index is -2.83. The molecule has 0 atom stereocenters. The highest BCUT2D eigenvalue weighted by Crippen LogP contribution is 2.57. The lowest BCUT2D eigenvalue weighted by Gasteiger charge is -2.08. The van der Waals surface area contributed by atoms with Gasteiger partial charge in [0.2, 0.25) is 0 Å². The number of hydrogen-bond donors (Lipinski definition) is 2. The molecule has 0 rings (SSSR count). The van der Waals surface area contributed by atoms with Crippen LogP contribution in [0.5, 0.6) is 0 Å². The summed E-state index contributed by atoms with van der Waals surface area (Å²) in [4.78, 5) is 0. The highest BCUT2D eigenvalue weighted by Gasteiger charge is 2.10. The van der Waals surface area contributed by atoms with E-state index in [-0.39, 0.29) is 6.10 Å². The van der Waals surface area contributed by atoms with Crippen LogP contribution in [0.15, 0.2) is 0 Å². The van der Waals surface area contributed by atoms with E-state index >= 15 is 0 Å². The molecule has 2 nitrogen and oxygen atoms in total. The van der Waals surface area contributed by atoms with Crippen molar-refractivity contribution < 1.29 is 9.09 Å². The molecule has 0 saturated carbocycles. The minimum Gasteiger partial charge on any atom is -0.311 e. The highest BCUT2D eigenvalue weighted by molar-refractivity contribution is 8.79. The monoisotopic (exact) mass is 172 g/mol. The van der Waals surface area contributed by atoms with E-state index in [1.54, 1.807) is 13.8 Å². The largest absolute Gasteiger partial charge is 0.311 e. The van der Waals surface area contributed by atoms with Gasteiger partial charge in [-0.05, 0) is 13.8 Å². The first-order chi connectivity index (χ1) is 3.42. The Balaban J connectivity index is 3.56. The summed E-state index contributed by atoms with van der Waals surface area (Å²) in [6.07, 6.45) is -0.0733. The molecule has 8 heavy (non-hydrogen) atoms. The first kappa shape index (κ1) is 8.89. The molecule has 0 aromatic rings. The molecule has 0 aliphatic rings. The zero-order chi connectivity index (χ0) is 6.78. The van der Waals surface area contributed by atoms with Crippen LogP contribution in [0.3, 0.4) is 0 Å². The molecular formula is C3H9O2PS2. The molecule has 0 aromatic carbocycles. The average Bonchev–Trinajstić information content (AvgIpc) is 1.21. The zero-order valence-electron chi connectivity index (χ0n) is 4.74. The van der Waals surface area contributed by atoms with Crippen LogP contribution >= 0.6 is 30.3 Å². The minimum absolute atomic E-state index is 0.0733. The molecule has 0 radical (unpaired) electrons. The SMILES string of the molecule is CC(C)OP(=O)(S)S. The lowest BCUT2D eigenvalue weighted by molar-refractivity contribution is 0.261. The van der Waals surface area contributed by atoms with E-state index in [0.29, 0.717) is 0 Å². The Morgan fingerprint density at radius 3 is 1.88 bits per heavy atom. The molecule has 0 aliphatic heterocycles. The average molecular weight is 172 g/mol. The lowest BCUT2D eigenvalue weighted by Crippen LogP contribution is -1.94. The van der Waals surface area contributed by atoms with Gasteiger partial charge in [-0.3, -0.25) is 4.57 Å². The second kappa shape index (κ2) is 3.16. The summed E-state index contributed by atoms with van der Waals surface area (Å²) in [5.41, 5.74) is 0. The lowest BCUT2D eigenvalue weighted by atomic mass is 10.5. The van der Waals surface area contributed by atoms with Crippen LogP contribution in [0.2, 0.25) is 0 Å². The summed E-state index contributed by atoms with van der Waals surface area (Å²) >= 11 is 7.18. The maximum Gasteiger partial charge on any atom is 0.307 e. The molecule has 0 saturated heterocycles. The van der Waals surface area contributed by atoms with Gasteiger partial charge < -0.3 is 4.52 Å². The molecule has 0 aromatic heterocycles. The molecule has 0 unspecified atom stereocenters. The summed E-state index contributed by atoms with van der Waals surface area (Å²) in [6, 6.07) is 0. The normalized spacial score (nSPS) is 12.6. The van der Waals surface area contributed by atoms with Gasteiger partial charge in [-0.2, -0.15) is 0 Å². The maximum atomic E-state index is 10.5. The summed E-state index contributed by atoms with van der Waals surface area (Å²) in [7, 11) is 0. The van der Waals surface area contributed by atoms with Crippen molar-refractivity contribution in [3.8, 4) is 0 Å². The molecule has 0 N–H and O–H groups in total. The van der Waals surface area contributed by atoms with Gasteiger partial charge in [-0.1, -0.05) is 24.5 Å². The molecule has 5 heteroatoms. The summed E-state index contributed by atoms with van der Waals surface area (Å²) in [6.45, 7) is 3.55. The van der Waals surface area contributed by atoms with Gasteiger partial charge in [0.25, 0.3) is 0 Å². The molecule has 0 aliphatic carbocycles. The molecule has 0 amide bonds. The van der Waals surface area contributed by atoms with Gasteiger partial charge in [-0.25, -0.2) is 0 Å². The summed E-state index contributed by atoms with van der Waals surface area (Å²) < 4.78 is 15.3. The fourth-order valence-corrected chi connectivity index (χ4v) is 1.96. The maximum absolute atomic E-state index is 10.5. The van der Waals surface area contributed by atoms with E-state index in [2.05, 4.69) is 24.5 Å². The van der Waals surface area contributed by atoms with Crippen molar-refractivity contribution in [2.45, 2.75) is 20.0 Å². The Hall–Kier alpha value is 0.890. The van der Waals surface area contributed by atoms with Gasteiger partial charge >= 0.3 is 5.77 Å². The molecule has 50 valence electrons.